The standard InChI is InChI=1S/C13H26N2OS/c1-13(2,3)11(14)12(16)15(4)9-7-6-8-10(9)17-5/h9-11H,6-8,14H2,1-5H3/t9-,10-,11-/m1/s1. The maximum absolute atomic E-state index is 12.3. The third-order valence-electron chi connectivity index (χ3n) is 3.76. The molecular formula is C13H26N2OS. The van der Waals surface area contributed by atoms with Crippen molar-refractivity contribution in [2.24, 2.45) is 11.1 Å². The number of amides is 1. The largest absolute Gasteiger partial charge is 0.340 e. The number of likely N-dealkylation sites (N-methyl/N-ethyl adjacent to an activating group) is 1. The molecule has 100 valence electrons. The van der Waals surface area contributed by atoms with Crippen molar-refractivity contribution in [1.29, 1.82) is 0 Å². The molecule has 0 saturated heterocycles. The van der Waals surface area contributed by atoms with Crippen molar-refractivity contribution in [3.8, 4) is 0 Å². The van der Waals surface area contributed by atoms with Gasteiger partial charge in [0.15, 0.2) is 0 Å². The molecule has 0 aromatic heterocycles. The van der Waals surface area contributed by atoms with Gasteiger partial charge in [-0.05, 0) is 24.5 Å². The van der Waals surface area contributed by atoms with Gasteiger partial charge in [-0.3, -0.25) is 4.79 Å². The molecule has 0 unspecified atom stereocenters. The van der Waals surface area contributed by atoms with Crippen molar-refractivity contribution < 1.29 is 4.79 Å². The molecule has 0 heterocycles. The lowest BCUT2D eigenvalue weighted by atomic mass is 9.86. The highest BCUT2D eigenvalue weighted by Gasteiger charge is 2.36. The summed E-state index contributed by atoms with van der Waals surface area (Å²) >= 11 is 1.87. The molecular weight excluding hydrogens is 232 g/mol. The van der Waals surface area contributed by atoms with E-state index in [-0.39, 0.29) is 11.3 Å². The minimum absolute atomic E-state index is 0.0865. The molecule has 3 atom stereocenters. The SMILES string of the molecule is CS[C@@H]1CCC[C@H]1N(C)C(=O)[C@@H](N)C(C)(C)C. The number of thioether (sulfide) groups is 1. The van der Waals surface area contributed by atoms with E-state index in [0.717, 1.165) is 6.42 Å². The van der Waals surface area contributed by atoms with Crippen LogP contribution in [-0.2, 0) is 4.79 Å². The zero-order valence-corrected chi connectivity index (χ0v) is 12.5. The Bertz CT molecular complexity index is 275. The lowest BCUT2D eigenvalue weighted by Gasteiger charge is -2.35. The van der Waals surface area contributed by atoms with Crippen molar-refractivity contribution in [2.75, 3.05) is 13.3 Å². The Hall–Kier alpha value is -0.220. The minimum atomic E-state index is -0.407. The van der Waals surface area contributed by atoms with Crippen molar-refractivity contribution >= 4 is 17.7 Å². The molecule has 17 heavy (non-hydrogen) atoms. The van der Waals surface area contributed by atoms with Gasteiger partial charge in [-0.2, -0.15) is 11.8 Å². The summed E-state index contributed by atoms with van der Waals surface area (Å²) in [7, 11) is 1.91. The number of hydrogen-bond donors (Lipinski definition) is 1. The third-order valence-corrected chi connectivity index (χ3v) is 4.92. The molecule has 1 saturated carbocycles. The topological polar surface area (TPSA) is 46.3 Å². The summed E-state index contributed by atoms with van der Waals surface area (Å²) in [5.41, 5.74) is 5.88. The van der Waals surface area contributed by atoms with E-state index < -0.39 is 6.04 Å². The highest BCUT2D eigenvalue weighted by Crippen LogP contribution is 2.32. The summed E-state index contributed by atoms with van der Waals surface area (Å²) < 4.78 is 0. The molecule has 0 aliphatic heterocycles. The average Bonchev–Trinajstić information content (AvgIpc) is 2.72. The summed E-state index contributed by atoms with van der Waals surface area (Å²) in [6.45, 7) is 6.05. The van der Waals surface area contributed by atoms with Crippen molar-refractivity contribution in [3.63, 3.8) is 0 Å². The van der Waals surface area contributed by atoms with Crippen LogP contribution in [0.4, 0.5) is 0 Å². The number of carbonyl (C=O) groups is 1. The van der Waals surface area contributed by atoms with Gasteiger partial charge in [0.05, 0.1) is 6.04 Å². The fourth-order valence-corrected chi connectivity index (χ4v) is 3.41. The first-order valence-electron chi connectivity index (χ1n) is 6.34. The van der Waals surface area contributed by atoms with Gasteiger partial charge in [0, 0.05) is 18.3 Å². The molecule has 0 bridgehead atoms. The molecule has 3 nitrogen and oxygen atoms in total. The molecule has 1 fully saturated rings. The van der Waals surface area contributed by atoms with E-state index in [1.54, 1.807) is 0 Å². The quantitative estimate of drug-likeness (QED) is 0.843. The zero-order valence-electron chi connectivity index (χ0n) is 11.7. The lowest BCUT2D eigenvalue weighted by Crippen LogP contribution is -2.53. The van der Waals surface area contributed by atoms with Gasteiger partial charge in [0.25, 0.3) is 0 Å². The van der Waals surface area contributed by atoms with E-state index in [0.29, 0.717) is 11.3 Å². The maximum atomic E-state index is 12.3. The van der Waals surface area contributed by atoms with Crippen LogP contribution >= 0.6 is 11.8 Å². The minimum Gasteiger partial charge on any atom is -0.340 e. The number of carbonyl (C=O) groups excluding carboxylic acids is 1. The molecule has 0 radical (unpaired) electrons. The summed E-state index contributed by atoms with van der Waals surface area (Å²) in [6.07, 6.45) is 5.68. The van der Waals surface area contributed by atoms with Crippen LogP contribution in [0.5, 0.6) is 0 Å². The molecule has 1 aliphatic carbocycles. The van der Waals surface area contributed by atoms with Crippen LogP contribution in [0.2, 0.25) is 0 Å². The Labute approximate surface area is 109 Å². The second-order valence-corrected chi connectivity index (χ2v) is 7.14. The molecule has 4 heteroatoms. The summed E-state index contributed by atoms with van der Waals surface area (Å²) in [5, 5.41) is 0.580. The fraction of sp³-hybridized carbons (Fsp3) is 0.923. The predicted molar refractivity (Wildman–Crippen MR) is 75.1 cm³/mol. The Morgan fingerprint density at radius 2 is 2.00 bits per heavy atom. The van der Waals surface area contributed by atoms with Gasteiger partial charge in [-0.25, -0.2) is 0 Å². The van der Waals surface area contributed by atoms with Crippen LogP contribution in [0, 0.1) is 5.41 Å². The molecule has 0 aromatic rings. The van der Waals surface area contributed by atoms with Crippen LogP contribution in [0.15, 0.2) is 0 Å². The fourth-order valence-electron chi connectivity index (χ4n) is 2.38. The van der Waals surface area contributed by atoms with Crippen molar-refractivity contribution in [3.05, 3.63) is 0 Å². The van der Waals surface area contributed by atoms with Gasteiger partial charge < -0.3 is 10.6 Å². The highest BCUT2D eigenvalue weighted by atomic mass is 32.2. The van der Waals surface area contributed by atoms with Crippen LogP contribution < -0.4 is 5.73 Å². The molecule has 1 aliphatic rings. The molecule has 2 N–H and O–H groups in total. The normalized spacial score (nSPS) is 26.9. The van der Waals surface area contributed by atoms with E-state index in [1.807, 2.05) is 44.5 Å². The van der Waals surface area contributed by atoms with Crippen LogP contribution in [-0.4, -0.2) is 41.4 Å². The Morgan fingerprint density at radius 3 is 2.47 bits per heavy atom. The van der Waals surface area contributed by atoms with E-state index in [9.17, 15) is 4.79 Å². The lowest BCUT2D eigenvalue weighted by molar-refractivity contribution is -0.135. The molecule has 1 rings (SSSR count). The second-order valence-electron chi connectivity index (χ2n) is 6.07. The Kier molecular flexibility index (Phi) is 4.90. The van der Waals surface area contributed by atoms with Crippen molar-refractivity contribution in [2.45, 2.75) is 57.4 Å². The van der Waals surface area contributed by atoms with Crippen LogP contribution in [0.25, 0.3) is 0 Å². The molecule has 0 aromatic carbocycles. The molecule has 1 amide bonds. The predicted octanol–water partition coefficient (Wildman–Crippen LogP) is 2.10. The average molecular weight is 258 g/mol. The number of nitrogens with zero attached hydrogens (tertiary/aromatic N) is 1. The summed E-state index contributed by atoms with van der Waals surface area (Å²) in [4.78, 5) is 14.2. The van der Waals surface area contributed by atoms with E-state index in [1.165, 1.54) is 12.8 Å². The van der Waals surface area contributed by atoms with Crippen LogP contribution in [0.1, 0.15) is 40.0 Å². The smallest absolute Gasteiger partial charge is 0.240 e. The first-order chi connectivity index (χ1) is 7.79. The van der Waals surface area contributed by atoms with Crippen molar-refractivity contribution in [1.82, 2.24) is 4.90 Å². The zero-order chi connectivity index (χ0) is 13.2. The summed E-state index contributed by atoms with van der Waals surface area (Å²) in [6, 6.07) is -0.0403. The first kappa shape index (κ1) is 14.8. The monoisotopic (exact) mass is 258 g/mol. The number of hydrogen-bond acceptors (Lipinski definition) is 3. The second kappa shape index (κ2) is 5.61. The van der Waals surface area contributed by atoms with E-state index in [2.05, 4.69) is 6.26 Å². The van der Waals surface area contributed by atoms with Gasteiger partial charge in [-0.15, -0.1) is 0 Å². The first-order valence-corrected chi connectivity index (χ1v) is 7.63. The molecule has 0 spiro atoms. The number of rotatable bonds is 3. The van der Waals surface area contributed by atoms with E-state index >= 15 is 0 Å². The summed E-state index contributed by atoms with van der Waals surface area (Å²) in [5.74, 6) is 0.0865. The van der Waals surface area contributed by atoms with Gasteiger partial charge in [0.1, 0.15) is 0 Å². The maximum Gasteiger partial charge on any atom is 0.240 e. The van der Waals surface area contributed by atoms with E-state index in [4.69, 9.17) is 5.73 Å². The highest BCUT2D eigenvalue weighted by molar-refractivity contribution is 7.99. The van der Waals surface area contributed by atoms with Gasteiger partial charge >= 0.3 is 0 Å². The van der Waals surface area contributed by atoms with Crippen LogP contribution in [0.3, 0.4) is 0 Å². The third kappa shape index (κ3) is 3.38. The Morgan fingerprint density at radius 1 is 1.41 bits per heavy atom. The van der Waals surface area contributed by atoms with Gasteiger partial charge in [0.2, 0.25) is 5.91 Å². The number of nitrogens with two attached hydrogens (primary N) is 1. The Balaban J connectivity index is 2.69. The van der Waals surface area contributed by atoms with Gasteiger partial charge in [-0.1, -0.05) is 27.2 Å².